The van der Waals surface area contributed by atoms with Crippen LogP contribution in [0.15, 0.2) is 66.7 Å². The Bertz CT molecular complexity index is 1120. The highest BCUT2D eigenvalue weighted by Gasteiger charge is 2.34. The Morgan fingerprint density at radius 2 is 1.83 bits per heavy atom. The van der Waals surface area contributed by atoms with E-state index < -0.39 is 0 Å². The number of amides is 2. The Morgan fingerprint density at radius 1 is 1.07 bits per heavy atom. The molecule has 4 rings (SSSR count). The normalized spacial score (nSPS) is 16.0. The number of aryl methyl sites for hydroxylation is 1. The van der Waals surface area contributed by atoms with E-state index in [2.05, 4.69) is 5.32 Å². The van der Waals surface area contributed by atoms with Crippen molar-refractivity contribution >= 4 is 58.2 Å². The topological polar surface area (TPSA) is 49.4 Å². The second-order valence-corrected chi connectivity index (χ2v) is 8.88. The number of hydrogen-bond acceptors (Lipinski definition) is 3. The number of halogens is 2. The molecule has 3 aromatic carbocycles. The number of nitrogens with zero attached hydrogens (tertiary/aromatic N) is 1. The van der Waals surface area contributed by atoms with Gasteiger partial charge in [-0.15, -0.1) is 11.8 Å². The van der Waals surface area contributed by atoms with E-state index >= 15 is 0 Å². The molecule has 1 saturated heterocycles. The lowest BCUT2D eigenvalue weighted by Crippen LogP contribution is -2.27. The third kappa shape index (κ3) is 4.33. The van der Waals surface area contributed by atoms with E-state index in [4.69, 9.17) is 23.2 Å². The summed E-state index contributed by atoms with van der Waals surface area (Å²) >= 11 is 13.6. The van der Waals surface area contributed by atoms with Gasteiger partial charge in [-0.3, -0.25) is 14.5 Å². The molecule has 0 saturated carbocycles. The highest BCUT2D eigenvalue weighted by molar-refractivity contribution is 8.00. The van der Waals surface area contributed by atoms with Crippen LogP contribution in [0.2, 0.25) is 10.0 Å². The molecule has 0 bridgehead atoms. The molecule has 2 amide bonds. The summed E-state index contributed by atoms with van der Waals surface area (Å²) in [6, 6.07) is 20.2. The van der Waals surface area contributed by atoms with Gasteiger partial charge in [-0.05, 0) is 60.5 Å². The highest BCUT2D eigenvalue weighted by atomic mass is 35.5. The molecule has 7 heteroatoms. The van der Waals surface area contributed by atoms with E-state index in [1.165, 1.54) is 6.07 Å². The fourth-order valence-corrected chi connectivity index (χ4v) is 5.00. The van der Waals surface area contributed by atoms with E-state index in [0.29, 0.717) is 27.0 Å². The molecule has 0 aromatic heterocycles. The first-order valence-electron chi connectivity index (χ1n) is 9.29. The highest BCUT2D eigenvalue weighted by Crippen LogP contribution is 2.42. The van der Waals surface area contributed by atoms with Crippen molar-refractivity contribution in [3.8, 4) is 0 Å². The number of anilines is 2. The van der Waals surface area contributed by atoms with E-state index in [9.17, 15) is 9.59 Å². The van der Waals surface area contributed by atoms with Crippen molar-refractivity contribution in [3.63, 3.8) is 0 Å². The maximum atomic E-state index is 12.5. The Labute approximate surface area is 189 Å². The fourth-order valence-electron chi connectivity index (χ4n) is 3.33. The molecule has 152 valence electrons. The van der Waals surface area contributed by atoms with Crippen LogP contribution in [0.3, 0.4) is 0 Å². The number of carbonyl (C=O) groups excluding carboxylic acids is 2. The predicted octanol–water partition coefficient (Wildman–Crippen LogP) is 6.33. The largest absolute Gasteiger partial charge is 0.322 e. The summed E-state index contributed by atoms with van der Waals surface area (Å²) in [5.41, 5.74) is 3.99. The first-order chi connectivity index (χ1) is 14.4. The van der Waals surface area contributed by atoms with Crippen molar-refractivity contribution < 1.29 is 9.59 Å². The maximum Gasteiger partial charge on any atom is 0.257 e. The van der Waals surface area contributed by atoms with Crippen molar-refractivity contribution in [3.05, 3.63) is 93.5 Å². The van der Waals surface area contributed by atoms with Gasteiger partial charge in [-0.1, -0.05) is 47.5 Å². The minimum absolute atomic E-state index is 0.0883. The van der Waals surface area contributed by atoms with Crippen LogP contribution >= 0.6 is 35.0 Å². The Morgan fingerprint density at radius 3 is 2.53 bits per heavy atom. The zero-order chi connectivity index (χ0) is 21.3. The molecule has 1 N–H and O–H groups in total. The average molecular weight is 457 g/mol. The van der Waals surface area contributed by atoms with Crippen molar-refractivity contribution in [2.45, 2.75) is 12.3 Å². The molecule has 0 aliphatic carbocycles. The van der Waals surface area contributed by atoms with E-state index in [1.54, 1.807) is 23.9 Å². The Kier molecular flexibility index (Phi) is 6.04. The molecular formula is C23H18Cl2N2O2S. The van der Waals surface area contributed by atoms with Gasteiger partial charge in [-0.25, -0.2) is 0 Å². The van der Waals surface area contributed by atoms with Gasteiger partial charge in [0.2, 0.25) is 5.91 Å². The molecule has 0 unspecified atom stereocenters. The number of rotatable bonds is 4. The molecule has 30 heavy (non-hydrogen) atoms. The van der Waals surface area contributed by atoms with Gasteiger partial charge in [0.05, 0.1) is 16.3 Å². The standard InChI is InChI=1S/C23H18Cl2N2O2S/c1-14-3-2-4-18(11-14)27-21(28)13-30-23(27)15-5-8-17(9-6-15)26-22(29)19-10-7-16(24)12-20(19)25/h2-12,23H,13H2,1H3,(H,26,29)/t23-/m0/s1. The number of nitrogens with one attached hydrogen (secondary N) is 1. The van der Waals surface area contributed by atoms with E-state index in [0.717, 1.165) is 16.8 Å². The van der Waals surface area contributed by atoms with Gasteiger partial charge < -0.3 is 5.32 Å². The minimum atomic E-state index is -0.309. The number of hydrogen-bond donors (Lipinski definition) is 1. The minimum Gasteiger partial charge on any atom is -0.322 e. The summed E-state index contributed by atoms with van der Waals surface area (Å²) in [4.78, 5) is 26.9. The monoisotopic (exact) mass is 456 g/mol. The first kappa shape index (κ1) is 20.8. The summed E-state index contributed by atoms with van der Waals surface area (Å²) in [6.07, 6.45) is 0. The van der Waals surface area contributed by atoms with Gasteiger partial charge >= 0.3 is 0 Å². The van der Waals surface area contributed by atoms with Gasteiger partial charge in [0.1, 0.15) is 5.37 Å². The second kappa shape index (κ2) is 8.72. The van der Waals surface area contributed by atoms with E-state index in [-0.39, 0.29) is 17.2 Å². The molecule has 1 atom stereocenters. The zero-order valence-electron chi connectivity index (χ0n) is 16.1. The molecular weight excluding hydrogens is 439 g/mol. The Hall–Kier alpha value is -2.47. The summed E-state index contributed by atoms with van der Waals surface area (Å²) in [5, 5.41) is 3.51. The smallest absolute Gasteiger partial charge is 0.257 e. The second-order valence-electron chi connectivity index (χ2n) is 6.97. The van der Waals surface area contributed by atoms with Crippen LogP contribution in [0.4, 0.5) is 11.4 Å². The van der Waals surface area contributed by atoms with Crippen molar-refractivity contribution in [2.75, 3.05) is 16.0 Å². The molecule has 0 spiro atoms. The molecule has 4 nitrogen and oxygen atoms in total. The molecule has 1 aliphatic heterocycles. The van der Waals surface area contributed by atoms with Crippen LogP contribution < -0.4 is 10.2 Å². The van der Waals surface area contributed by atoms with Crippen molar-refractivity contribution in [1.29, 1.82) is 0 Å². The van der Waals surface area contributed by atoms with Crippen LogP contribution in [0.25, 0.3) is 0 Å². The molecule has 0 radical (unpaired) electrons. The van der Waals surface area contributed by atoms with Crippen molar-refractivity contribution in [1.82, 2.24) is 0 Å². The molecule has 1 aliphatic rings. The lowest BCUT2D eigenvalue weighted by atomic mass is 10.1. The predicted molar refractivity (Wildman–Crippen MR) is 125 cm³/mol. The lowest BCUT2D eigenvalue weighted by molar-refractivity contribution is -0.115. The van der Waals surface area contributed by atoms with Gasteiger partial charge in [0, 0.05) is 16.4 Å². The average Bonchev–Trinajstić information content (AvgIpc) is 3.10. The fraction of sp³-hybridized carbons (Fsp3) is 0.130. The summed E-state index contributed by atoms with van der Waals surface area (Å²) in [6.45, 7) is 2.01. The molecule has 3 aromatic rings. The summed E-state index contributed by atoms with van der Waals surface area (Å²) in [5.74, 6) is 0.216. The summed E-state index contributed by atoms with van der Waals surface area (Å²) in [7, 11) is 0. The van der Waals surface area contributed by atoms with Crippen LogP contribution in [-0.2, 0) is 4.79 Å². The maximum absolute atomic E-state index is 12.5. The van der Waals surface area contributed by atoms with E-state index in [1.807, 2.05) is 60.4 Å². The lowest BCUT2D eigenvalue weighted by Gasteiger charge is -2.25. The first-order valence-corrected chi connectivity index (χ1v) is 11.1. The van der Waals surface area contributed by atoms with Gasteiger partial charge in [-0.2, -0.15) is 0 Å². The van der Waals surface area contributed by atoms with Crippen LogP contribution in [0.1, 0.15) is 26.9 Å². The van der Waals surface area contributed by atoms with Crippen molar-refractivity contribution in [2.24, 2.45) is 0 Å². The van der Waals surface area contributed by atoms with Gasteiger partial charge in [0.25, 0.3) is 5.91 Å². The zero-order valence-corrected chi connectivity index (χ0v) is 18.4. The molecule has 1 heterocycles. The third-order valence-corrected chi connectivity index (χ3v) is 6.54. The number of thioether (sulfide) groups is 1. The number of carbonyl (C=O) groups is 2. The van der Waals surface area contributed by atoms with Gasteiger partial charge in [0.15, 0.2) is 0 Å². The summed E-state index contributed by atoms with van der Waals surface area (Å²) < 4.78 is 0. The molecule has 1 fully saturated rings. The SMILES string of the molecule is Cc1cccc(N2C(=O)CS[C@H]2c2ccc(NC(=O)c3ccc(Cl)cc3Cl)cc2)c1. The number of benzene rings is 3. The third-order valence-electron chi connectivity index (χ3n) is 4.78. The Balaban J connectivity index is 1.53. The van der Waals surface area contributed by atoms with Crippen LogP contribution in [0, 0.1) is 6.92 Å². The quantitative estimate of drug-likeness (QED) is 0.498. The van der Waals surface area contributed by atoms with Crippen LogP contribution in [-0.4, -0.2) is 17.6 Å². The van der Waals surface area contributed by atoms with Crippen LogP contribution in [0.5, 0.6) is 0 Å².